The highest BCUT2D eigenvalue weighted by molar-refractivity contribution is 7.09. The van der Waals surface area contributed by atoms with Gasteiger partial charge in [-0.1, -0.05) is 24.6 Å². The summed E-state index contributed by atoms with van der Waals surface area (Å²) in [6, 6.07) is 5.06. The molecule has 5 heteroatoms. The van der Waals surface area contributed by atoms with Crippen molar-refractivity contribution in [2.75, 3.05) is 6.54 Å². The quantitative estimate of drug-likeness (QED) is 0.848. The zero-order valence-electron chi connectivity index (χ0n) is 11.6. The molecular formula is C15H18ClFN2S. The fraction of sp³-hybridized carbons (Fsp3) is 0.400. The van der Waals surface area contributed by atoms with E-state index in [9.17, 15) is 4.39 Å². The van der Waals surface area contributed by atoms with Crippen molar-refractivity contribution in [2.45, 2.75) is 32.7 Å². The maximum atomic E-state index is 13.6. The Morgan fingerprint density at radius 1 is 1.45 bits per heavy atom. The Kier molecular flexibility index (Phi) is 5.52. The zero-order chi connectivity index (χ0) is 14.5. The van der Waals surface area contributed by atoms with Crippen molar-refractivity contribution in [3.63, 3.8) is 0 Å². The van der Waals surface area contributed by atoms with Crippen molar-refractivity contribution in [3.05, 3.63) is 50.7 Å². The predicted octanol–water partition coefficient (Wildman–Crippen LogP) is 4.53. The molecule has 0 spiro atoms. The maximum absolute atomic E-state index is 13.6. The molecule has 2 nitrogen and oxygen atoms in total. The van der Waals surface area contributed by atoms with Crippen LogP contribution < -0.4 is 5.32 Å². The zero-order valence-corrected chi connectivity index (χ0v) is 13.2. The topological polar surface area (TPSA) is 24.9 Å². The molecule has 0 aliphatic carbocycles. The second kappa shape index (κ2) is 7.16. The van der Waals surface area contributed by atoms with Crippen LogP contribution in [0.25, 0.3) is 0 Å². The Balaban J connectivity index is 2.19. The van der Waals surface area contributed by atoms with Gasteiger partial charge in [-0.2, -0.15) is 0 Å². The lowest BCUT2D eigenvalue weighted by molar-refractivity contribution is 0.523. The Morgan fingerprint density at radius 3 is 2.85 bits per heavy atom. The molecule has 0 bridgehead atoms. The number of aromatic nitrogens is 1. The highest BCUT2D eigenvalue weighted by atomic mass is 35.5. The van der Waals surface area contributed by atoms with E-state index in [4.69, 9.17) is 11.6 Å². The number of aryl methyl sites for hydroxylation is 1. The largest absolute Gasteiger partial charge is 0.310 e. The molecule has 1 N–H and O–H groups in total. The smallest absolute Gasteiger partial charge is 0.142 e. The molecule has 1 aromatic heterocycles. The Hall–Kier alpha value is -0.970. The van der Waals surface area contributed by atoms with Crippen molar-refractivity contribution < 1.29 is 4.39 Å². The summed E-state index contributed by atoms with van der Waals surface area (Å²) in [5.41, 5.74) is 1.94. The van der Waals surface area contributed by atoms with Crippen LogP contribution >= 0.6 is 22.9 Å². The number of thiazole rings is 1. The molecule has 2 aromatic rings. The molecule has 0 aliphatic heterocycles. The van der Waals surface area contributed by atoms with Crippen molar-refractivity contribution in [1.29, 1.82) is 0 Å². The van der Waals surface area contributed by atoms with E-state index in [0.717, 1.165) is 35.7 Å². The lowest BCUT2D eigenvalue weighted by Crippen LogP contribution is -2.24. The van der Waals surface area contributed by atoms with Crippen LogP contribution in [0.1, 0.15) is 35.7 Å². The molecule has 2 rings (SSSR count). The number of nitrogens with one attached hydrogen (secondary N) is 1. The molecule has 108 valence electrons. The van der Waals surface area contributed by atoms with Crippen LogP contribution in [-0.4, -0.2) is 11.5 Å². The van der Waals surface area contributed by atoms with E-state index in [1.165, 1.54) is 6.07 Å². The first-order valence-electron chi connectivity index (χ1n) is 6.69. The third-order valence-electron chi connectivity index (χ3n) is 3.03. The molecule has 1 atom stereocenters. The number of nitrogens with zero attached hydrogens (tertiary/aromatic N) is 1. The Morgan fingerprint density at radius 2 is 2.25 bits per heavy atom. The minimum Gasteiger partial charge on any atom is -0.310 e. The van der Waals surface area contributed by atoms with Crippen LogP contribution in [0.5, 0.6) is 0 Å². The van der Waals surface area contributed by atoms with Gasteiger partial charge < -0.3 is 5.32 Å². The highest BCUT2D eigenvalue weighted by Gasteiger charge is 2.15. The number of hydrogen-bond donors (Lipinski definition) is 1. The van der Waals surface area contributed by atoms with E-state index in [1.54, 1.807) is 17.4 Å². The van der Waals surface area contributed by atoms with Gasteiger partial charge in [-0.15, -0.1) is 11.3 Å². The second-order valence-electron chi connectivity index (χ2n) is 4.77. The van der Waals surface area contributed by atoms with Crippen molar-refractivity contribution in [3.8, 4) is 0 Å². The molecule has 0 fully saturated rings. The van der Waals surface area contributed by atoms with E-state index in [-0.39, 0.29) is 16.9 Å². The van der Waals surface area contributed by atoms with Gasteiger partial charge in [0.15, 0.2) is 0 Å². The highest BCUT2D eigenvalue weighted by Crippen LogP contribution is 2.24. The maximum Gasteiger partial charge on any atom is 0.142 e. The van der Waals surface area contributed by atoms with E-state index in [1.807, 2.05) is 18.4 Å². The molecule has 0 saturated carbocycles. The predicted molar refractivity (Wildman–Crippen MR) is 83.0 cm³/mol. The van der Waals surface area contributed by atoms with Gasteiger partial charge in [0.25, 0.3) is 0 Å². The lowest BCUT2D eigenvalue weighted by Gasteiger charge is -2.18. The lowest BCUT2D eigenvalue weighted by atomic mass is 10.0. The van der Waals surface area contributed by atoms with Gasteiger partial charge in [0.2, 0.25) is 0 Å². The van der Waals surface area contributed by atoms with Crippen molar-refractivity contribution in [2.24, 2.45) is 0 Å². The first kappa shape index (κ1) is 15.4. The number of halogens is 2. The first-order valence-corrected chi connectivity index (χ1v) is 7.95. The summed E-state index contributed by atoms with van der Waals surface area (Å²) < 4.78 is 13.6. The Bertz CT molecular complexity index is 571. The van der Waals surface area contributed by atoms with Crippen LogP contribution in [-0.2, 0) is 6.42 Å². The van der Waals surface area contributed by atoms with Gasteiger partial charge in [0.1, 0.15) is 5.82 Å². The fourth-order valence-electron chi connectivity index (χ4n) is 2.03. The Labute approximate surface area is 128 Å². The third-order valence-corrected chi connectivity index (χ3v) is 4.33. The molecule has 20 heavy (non-hydrogen) atoms. The SMILES string of the molecule is CCCNC(Cc1nc(C)cs1)c1ccc(Cl)c(F)c1. The van der Waals surface area contributed by atoms with Gasteiger partial charge >= 0.3 is 0 Å². The molecule has 1 aromatic carbocycles. The summed E-state index contributed by atoms with van der Waals surface area (Å²) >= 11 is 7.39. The number of hydrogen-bond acceptors (Lipinski definition) is 3. The van der Waals surface area contributed by atoms with E-state index in [2.05, 4.69) is 17.2 Å². The summed E-state index contributed by atoms with van der Waals surface area (Å²) in [6.07, 6.45) is 1.79. The molecular weight excluding hydrogens is 295 g/mol. The average Bonchev–Trinajstić information content (AvgIpc) is 2.83. The van der Waals surface area contributed by atoms with Gasteiger partial charge in [-0.05, 0) is 37.6 Å². The minimum absolute atomic E-state index is 0.0623. The molecule has 0 aliphatic rings. The monoisotopic (exact) mass is 312 g/mol. The van der Waals surface area contributed by atoms with Gasteiger partial charge in [-0.3, -0.25) is 0 Å². The minimum atomic E-state index is -0.372. The van der Waals surface area contributed by atoms with Crippen LogP contribution in [0.2, 0.25) is 5.02 Å². The van der Waals surface area contributed by atoms with E-state index < -0.39 is 0 Å². The normalized spacial score (nSPS) is 12.6. The summed E-state index contributed by atoms with van der Waals surface area (Å²) in [4.78, 5) is 4.48. The summed E-state index contributed by atoms with van der Waals surface area (Å²) in [7, 11) is 0. The molecule has 1 unspecified atom stereocenters. The fourth-order valence-corrected chi connectivity index (χ4v) is 2.96. The van der Waals surface area contributed by atoms with Crippen LogP contribution in [0.15, 0.2) is 23.6 Å². The summed E-state index contributed by atoms with van der Waals surface area (Å²) in [6.45, 7) is 4.98. The molecule has 0 saturated heterocycles. The van der Waals surface area contributed by atoms with Crippen molar-refractivity contribution >= 4 is 22.9 Å². The summed E-state index contributed by atoms with van der Waals surface area (Å²) in [5.74, 6) is -0.372. The standard InChI is InChI=1S/C15H18ClFN2S/c1-3-6-18-14(8-15-19-10(2)9-20-15)11-4-5-12(16)13(17)7-11/h4-5,7,9,14,18H,3,6,8H2,1-2H3. The second-order valence-corrected chi connectivity index (χ2v) is 6.12. The first-order chi connectivity index (χ1) is 9.60. The van der Waals surface area contributed by atoms with E-state index >= 15 is 0 Å². The number of rotatable bonds is 6. The number of benzene rings is 1. The summed E-state index contributed by atoms with van der Waals surface area (Å²) in [5, 5.41) is 6.71. The van der Waals surface area contributed by atoms with Gasteiger partial charge in [0, 0.05) is 23.5 Å². The van der Waals surface area contributed by atoms with Gasteiger partial charge in [-0.25, -0.2) is 9.37 Å². The van der Waals surface area contributed by atoms with E-state index in [0.29, 0.717) is 0 Å². The van der Waals surface area contributed by atoms with Crippen LogP contribution in [0.3, 0.4) is 0 Å². The van der Waals surface area contributed by atoms with Gasteiger partial charge in [0.05, 0.1) is 10.0 Å². The molecule has 0 amide bonds. The van der Waals surface area contributed by atoms with Crippen molar-refractivity contribution in [1.82, 2.24) is 10.3 Å². The van der Waals surface area contributed by atoms with Crippen LogP contribution in [0, 0.1) is 12.7 Å². The molecule has 0 radical (unpaired) electrons. The molecule has 1 heterocycles. The van der Waals surface area contributed by atoms with Crippen LogP contribution in [0.4, 0.5) is 4.39 Å². The average molecular weight is 313 g/mol. The third kappa shape index (κ3) is 4.01.